The molecule has 0 unspecified atom stereocenters. The van der Waals surface area contributed by atoms with Gasteiger partial charge in [0.1, 0.15) is 5.25 Å². The van der Waals surface area contributed by atoms with Crippen molar-refractivity contribution in [3.8, 4) is 0 Å². The summed E-state index contributed by atoms with van der Waals surface area (Å²) in [4.78, 5) is 0. The van der Waals surface area contributed by atoms with Crippen LogP contribution in [0.2, 0.25) is 0 Å². The van der Waals surface area contributed by atoms with Crippen molar-refractivity contribution >= 4 is 19.7 Å². The first-order valence-corrected chi connectivity index (χ1v) is 4.44. The van der Waals surface area contributed by atoms with E-state index in [2.05, 4.69) is 10.7 Å². The van der Waals surface area contributed by atoms with Gasteiger partial charge < -0.3 is 0 Å². The van der Waals surface area contributed by atoms with Crippen molar-refractivity contribution in [1.29, 1.82) is 0 Å². The van der Waals surface area contributed by atoms with Crippen LogP contribution in [0, 0.1) is 0 Å². The highest BCUT2D eigenvalue weighted by Crippen LogP contribution is 2.13. The SMILES string of the molecule is C[C@@H](C(F)F)S(=O)(=O)Cl. The highest BCUT2D eigenvalue weighted by Gasteiger charge is 2.26. The highest BCUT2D eigenvalue weighted by molar-refractivity contribution is 8.14. The Morgan fingerprint density at radius 3 is 1.78 bits per heavy atom. The summed E-state index contributed by atoms with van der Waals surface area (Å²) in [7, 11) is 0.491. The zero-order valence-electron chi connectivity index (χ0n) is 4.51. The van der Waals surface area contributed by atoms with E-state index in [1.54, 1.807) is 0 Å². The van der Waals surface area contributed by atoms with E-state index in [9.17, 15) is 17.2 Å². The Morgan fingerprint density at radius 2 is 1.78 bits per heavy atom. The molecule has 0 aliphatic heterocycles. The van der Waals surface area contributed by atoms with Gasteiger partial charge in [0, 0.05) is 10.7 Å². The van der Waals surface area contributed by atoms with E-state index in [4.69, 9.17) is 0 Å². The Morgan fingerprint density at radius 1 is 1.44 bits per heavy atom. The minimum absolute atomic E-state index is 0.854. The fourth-order valence-electron chi connectivity index (χ4n) is 0.123. The van der Waals surface area contributed by atoms with E-state index in [0.717, 1.165) is 6.92 Å². The number of halogens is 3. The molecule has 0 saturated carbocycles. The quantitative estimate of drug-likeness (QED) is 0.596. The Hall–Kier alpha value is 0.1000. The van der Waals surface area contributed by atoms with E-state index >= 15 is 0 Å². The second-order valence-corrected chi connectivity index (χ2v) is 4.50. The van der Waals surface area contributed by atoms with Crippen LogP contribution in [-0.2, 0) is 9.05 Å². The minimum atomic E-state index is -4.08. The largest absolute Gasteiger partial charge is 0.256 e. The molecule has 0 amide bonds. The summed E-state index contributed by atoms with van der Waals surface area (Å²) >= 11 is 0. The predicted molar refractivity (Wildman–Crippen MR) is 30.2 cm³/mol. The minimum Gasteiger partial charge on any atom is -0.212 e. The van der Waals surface area contributed by atoms with E-state index < -0.39 is 20.7 Å². The van der Waals surface area contributed by atoms with Crippen LogP contribution in [0.3, 0.4) is 0 Å². The van der Waals surface area contributed by atoms with Gasteiger partial charge in [0.25, 0.3) is 6.43 Å². The number of hydrogen-bond acceptors (Lipinski definition) is 2. The van der Waals surface area contributed by atoms with E-state index in [1.807, 2.05) is 0 Å². The molecule has 9 heavy (non-hydrogen) atoms. The molecule has 0 aromatic rings. The summed E-state index contributed by atoms with van der Waals surface area (Å²) in [5.41, 5.74) is 0. The van der Waals surface area contributed by atoms with E-state index in [-0.39, 0.29) is 0 Å². The Balaban J connectivity index is 4.24. The zero-order chi connectivity index (χ0) is 7.65. The lowest BCUT2D eigenvalue weighted by Gasteiger charge is -2.03. The van der Waals surface area contributed by atoms with Crippen LogP contribution in [0.5, 0.6) is 0 Å². The van der Waals surface area contributed by atoms with Gasteiger partial charge in [0.05, 0.1) is 0 Å². The molecule has 2 nitrogen and oxygen atoms in total. The van der Waals surface area contributed by atoms with Gasteiger partial charge in [-0.2, -0.15) is 0 Å². The zero-order valence-corrected chi connectivity index (χ0v) is 6.09. The number of hydrogen-bond donors (Lipinski definition) is 0. The standard InChI is InChI=1S/C3H5ClF2O2S/c1-2(3(5)6)9(4,7)8/h2-3H,1H3/t2-/m0/s1. The molecular weight excluding hydrogens is 174 g/mol. The summed E-state index contributed by atoms with van der Waals surface area (Å²) < 4.78 is 43.0. The average Bonchev–Trinajstić information content (AvgIpc) is 1.62. The first-order valence-electron chi connectivity index (χ1n) is 2.07. The molecule has 0 rings (SSSR count). The van der Waals surface area contributed by atoms with Crippen molar-refractivity contribution in [2.45, 2.75) is 18.6 Å². The predicted octanol–water partition coefficient (Wildman–Crippen LogP) is 1.21. The fourth-order valence-corrected chi connectivity index (χ4v) is 0.602. The van der Waals surface area contributed by atoms with Gasteiger partial charge in [-0.3, -0.25) is 0 Å². The van der Waals surface area contributed by atoms with Gasteiger partial charge >= 0.3 is 0 Å². The molecule has 0 aromatic heterocycles. The maximum atomic E-state index is 11.5. The lowest BCUT2D eigenvalue weighted by Crippen LogP contribution is -2.20. The van der Waals surface area contributed by atoms with Crippen LogP contribution in [-0.4, -0.2) is 20.1 Å². The highest BCUT2D eigenvalue weighted by atomic mass is 35.7. The van der Waals surface area contributed by atoms with Crippen LogP contribution in [0.15, 0.2) is 0 Å². The molecule has 0 heterocycles. The Bertz CT molecular complexity index is 176. The van der Waals surface area contributed by atoms with Crippen molar-refractivity contribution < 1.29 is 17.2 Å². The number of rotatable bonds is 2. The topological polar surface area (TPSA) is 34.1 Å². The summed E-state index contributed by atoms with van der Waals surface area (Å²) in [6, 6.07) is 0. The van der Waals surface area contributed by atoms with Gasteiger partial charge in [-0.25, -0.2) is 17.2 Å². The molecule has 0 N–H and O–H groups in total. The van der Waals surface area contributed by atoms with Gasteiger partial charge in [-0.05, 0) is 6.92 Å². The first kappa shape index (κ1) is 9.10. The van der Waals surface area contributed by atoms with E-state index in [1.165, 1.54) is 0 Å². The smallest absolute Gasteiger partial charge is 0.212 e. The summed E-state index contributed by atoms with van der Waals surface area (Å²) in [6.45, 7) is 0.854. The second kappa shape index (κ2) is 2.79. The molecule has 6 heteroatoms. The molecular formula is C3H5ClF2O2S. The van der Waals surface area contributed by atoms with Crippen LogP contribution in [0.4, 0.5) is 8.78 Å². The maximum absolute atomic E-state index is 11.5. The molecule has 0 aliphatic rings. The van der Waals surface area contributed by atoms with Crippen molar-refractivity contribution in [3.05, 3.63) is 0 Å². The lowest BCUT2D eigenvalue weighted by molar-refractivity contribution is 0.147. The number of alkyl halides is 2. The maximum Gasteiger partial charge on any atom is 0.256 e. The van der Waals surface area contributed by atoms with Crippen LogP contribution in [0.1, 0.15) is 6.92 Å². The van der Waals surface area contributed by atoms with Crippen molar-refractivity contribution in [2.75, 3.05) is 0 Å². The van der Waals surface area contributed by atoms with E-state index in [0.29, 0.717) is 0 Å². The first-order chi connectivity index (χ1) is 3.85. The van der Waals surface area contributed by atoms with Gasteiger partial charge in [0.2, 0.25) is 9.05 Å². The lowest BCUT2D eigenvalue weighted by atomic mass is 10.5. The van der Waals surface area contributed by atoms with Gasteiger partial charge in [-0.1, -0.05) is 0 Å². The Labute approximate surface area is 56.2 Å². The summed E-state index contributed by atoms with van der Waals surface area (Å²) in [5.74, 6) is 0. The second-order valence-electron chi connectivity index (χ2n) is 1.52. The summed E-state index contributed by atoms with van der Waals surface area (Å²) in [5, 5.41) is -1.78. The molecule has 0 aliphatic carbocycles. The van der Waals surface area contributed by atoms with Gasteiger partial charge in [-0.15, -0.1) is 0 Å². The van der Waals surface area contributed by atoms with Crippen molar-refractivity contribution in [3.63, 3.8) is 0 Å². The van der Waals surface area contributed by atoms with Crippen LogP contribution >= 0.6 is 10.7 Å². The third-order valence-corrected chi connectivity index (χ3v) is 2.74. The monoisotopic (exact) mass is 178 g/mol. The molecule has 0 saturated heterocycles. The third kappa shape index (κ3) is 2.95. The van der Waals surface area contributed by atoms with Crippen molar-refractivity contribution in [2.24, 2.45) is 0 Å². The molecule has 1 atom stereocenters. The average molecular weight is 179 g/mol. The normalized spacial score (nSPS) is 16.1. The summed E-state index contributed by atoms with van der Waals surface area (Å²) in [6.07, 6.45) is -2.91. The molecule has 0 fully saturated rings. The van der Waals surface area contributed by atoms with Crippen LogP contribution < -0.4 is 0 Å². The molecule has 0 aromatic carbocycles. The fraction of sp³-hybridized carbons (Fsp3) is 1.00. The molecule has 0 spiro atoms. The third-order valence-electron chi connectivity index (χ3n) is 0.799. The molecule has 0 radical (unpaired) electrons. The van der Waals surface area contributed by atoms with Crippen molar-refractivity contribution in [1.82, 2.24) is 0 Å². The van der Waals surface area contributed by atoms with Crippen LogP contribution in [0.25, 0.3) is 0 Å². The Kier molecular flexibility index (Phi) is 2.82. The molecule has 56 valence electrons. The molecule has 0 bridgehead atoms. The van der Waals surface area contributed by atoms with Gasteiger partial charge in [0.15, 0.2) is 0 Å².